The van der Waals surface area contributed by atoms with Crippen molar-refractivity contribution < 1.29 is 18.7 Å². The molecule has 0 saturated carbocycles. The highest BCUT2D eigenvalue weighted by atomic mass is 19.1. The second kappa shape index (κ2) is 10.0. The first-order valence-electron chi connectivity index (χ1n) is 11.5. The molecule has 0 atom stereocenters. The predicted octanol–water partition coefficient (Wildman–Crippen LogP) is 5.21. The Bertz CT molecular complexity index is 1390. The Labute approximate surface area is 203 Å². The highest BCUT2D eigenvalue weighted by molar-refractivity contribution is 5.93. The summed E-state index contributed by atoms with van der Waals surface area (Å²) < 4.78 is 20.2. The predicted molar refractivity (Wildman–Crippen MR) is 132 cm³/mol. The standard InChI is InChI=1S/C27H27FN4O3/c1-5-35-27(34)20-8-12-22(13-9-20)30-24(33)15-14-23-16(2)29-26-25(17(3)31-32(26)18(23)4)19-6-10-21(28)11-7-19/h6-13H,5,14-15H2,1-4H3,(H,30,33). The number of nitrogens with one attached hydrogen (secondary N) is 1. The molecule has 0 fully saturated rings. The molecular formula is C27H27FN4O3. The van der Waals surface area contributed by atoms with Gasteiger partial charge in [-0.15, -0.1) is 0 Å². The van der Waals surface area contributed by atoms with Crippen LogP contribution in [0.15, 0.2) is 48.5 Å². The van der Waals surface area contributed by atoms with Crippen LogP contribution in [0.4, 0.5) is 10.1 Å². The van der Waals surface area contributed by atoms with Crippen LogP contribution in [0.25, 0.3) is 16.8 Å². The number of rotatable bonds is 7. The average Bonchev–Trinajstić information content (AvgIpc) is 3.16. The summed E-state index contributed by atoms with van der Waals surface area (Å²) in [6.45, 7) is 7.85. The molecule has 0 aliphatic rings. The van der Waals surface area contributed by atoms with Crippen LogP contribution in [-0.4, -0.2) is 33.1 Å². The molecule has 0 radical (unpaired) electrons. The summed E-state index contributed by atoms with van der Waals surface area (Å²) in [5.74, 6) is -0.828. The summed E-state index contributed by atoms with van der Waals surface area (Å²) in [7, 11) is 0. The molecule has 0 saturated heterocycles. The molecule has 2 aromatic heterocycles. The minimum absolute atomic E-state index is 0.142. The number of aryl methyl sites for hydroxylation is 3. The second-order valence-corrected chi connectivity index (χ2v) is 8.31. The quantitative estimate of drug-likeness (QED) is 0.372. The van der Waals surface area contributed by atoms with Crippen molar-refractivity contribution in [3.63, 3.8) is 0 Å². The van der Waals surface area contributed by atoms with Crippen LogP contribution in [0, 0.1) is 26.6 Å². The number of hydrogen-bond donors (Lipinski definition) is 1. The summed E-state index contributed by atoms with van der Waals surface area (Å²) in [6.07, 6.45) is 0.762. The van der Waals surface area contributed by atoms with E-state index in [0.717, 1.165) is 33.8 Å². The van der Waals surface area contributed by atoms with Crippen molar-refractivity contribution in [1.29, 1.82) is 0 Å². The van der Waals surface area contributed by atoms with Gasteiger partial charge in [0.05, 0.1) is 17.9 Å². The molecule has 1 N–H and O–H groups in total. The fourth-order valence-electron chi connectivity index (χ4n) is 4.15. The molecule has 2 aromatic carbocycles. The van der Waals surface area contributed by atoms with Gasteiger partial charge in [-0.05, 0) is 81.6 Å². The average molecular weight is 475 g/mol. The number of anilines is 1. The number of halogens is 1. The lowest BCUT2D eigenvalue weighted by molar-refractivity contribution is -0.116. The number of hydrogen-bond acceptors (Lipinski definition) is 5. The minimum atomic E-state index is -0.393. The fraction of sp³-hybridized carbons (Fsp3) is 0.259. The topological polar surface area (TPSA) is 85.6 Å². The molecule has 0 spiro atoms. The summed E-state index contributed by atoms with van der Waals surface area (Å²) in [5.41, 5.74) is 6.96. The van der Waals surface area contributed by atoms with Crippen molar-refractivity contribution in [1.82, 2.24) is 14.6 Å². The second-order valence-electron chi connectivity index (χ2n) is 8.31. The van der Waals surface area contributed by atoms with Crippen LogP contribution in [0.2, 0.25) is 0 Å². The van der Waals surface area contributed by atoms with Gasteiger partial charge in [-0.3, -0.25) is 4.79 Å². The van der Waals surface area contributed by atoms with Gasteiger partial charge in [-0.1, -0.05) is 12.1 Å². The summed E-state index contributed by atoms with van der Waals surface area (Å²) in [6, 6.07) is 12.9. The maximum atomic E-state index is 13.4. The lowest BCUT2D eigenvalue weighted by atomic mass is 10.0. The third-order valence-corrected chi connectivity index (χ3v) is 5.92. The number of amides is 1. The van der Waals surface area contributed by atoms with E-state index in [1.807, 2.05) is 20.8 Å². The van der Waals surface area contributed by atoms with E-state index in [-0.39, 0.29) is 18.1 Å². The Balaban J connectivity index is 1.50. The van der Waals surface area contributed by atoms with Crippen molar-refractivity contribution in [2.75, 3.05) is 11.9 Å². The van der Waals surface area contributed by atoms with Gasteiger partial charge in [-0.25, -0.2) is 18.7 Å². The van der Waals surface area contributed by atoms with Crippen molar-refractivity contribution in [2.24, 2.45) is 0 Å². The van der Waals surface area contributed by atoms with Gasteiger partial charge >= 0.3 is 5.97 Å². The Kier molecular flexibility index (Phi) is 6.91. The third-order valence-electron chi connectivity index (χ3n) is 5.92. The lowest BCUT2D eigenvalue weighted by Crippen LogP contribution is -2.14. The van der Waals surface area contributed by atoms with Gasteiger partial charge in [0.1, 0.15) is 5.82 Å². The van der Waals surface area contributed by atoms with E-state index in [9.17, 15) is 14.0 Å². The highest BCUT2D eigenvalue weighted by Gasteiger charge is 2.18. The molecule has 0 aliphatic carbocycles. The van der Waals surface area contributed by atoms with E-state index >= 15 is 0 Å². The Morgan fingerprint density at radius 2 is 1.69 bits per heavy atom. The van der Waals surface area contributed by atoms with Crippen molar-refractivity contribution in [2.45, 2.75) is 40.5 Å². The smallest absolute Gasteiger partial charge is 0.338 e. The van der Waals surface area contributed by atoms with Crippen LogP contribution in [0.3, 0.4) is 0 Å². The summed E-state index contributed by atoms with van der Waals surface area (Å²) >= 11 is 0. The Morgan fingerprint density at radius 1 is 1.00 bits per heavy atom. The first kappa shape index (κ1) is 24.1. The number of carbonyl (C=O) groups is 2. The molecule has 2 heterocycles. The summed E-state index contributed by atoms with van der Waals surface area (Å²) in [4.78, 5) is 29.2. The van der Waals surface area contributed by atoms with E-state index in [4.69, 9.17) is 9.72 Å². The van der Waals surface area contributed by atoms with Gasteiger partial charge in [0.25, 0.3) is 0 Å². The zero-order valence-electron chi connectivity index (χ0n) is 20.2. The number of aromatic nitrogens is 3. The normalized spacial score (nSPS) is 11.0. The highest BCUT2D eigenvalue weighted by Crippen LogP contribution is 2.29. The number of fused-ring (bicyclic) bond motifs is 1. The van der Waals surface area contributed by atoms with Crippen LogP contribution in [0.5, 0.6) is 0 Å². The molecule has 180 valence electrons. The molecule has 8 heteroatoms. The molecule has 7 nitrogen and oxygen atoms in total. The Morgan fingerprint density at radius 3 is 2.34 bits per heavy atom. The minimum Gasteiger partial charge on any atom is -0.462 e. The fourth-order valence-corrected chi connectivity index (χ4v) is 4.15. The van der Waals surface area contributed by atoms with Gasteiger partial charge in [0.15, 0.2) is 5.65 Å². The van der Waals surface area contributed by atoms with Crippen LogP contribution < -0.4 is 5.32 Å². The van der Waals surface area contributed by atoms with Crippen molar-refractivity contribution in [3.8, 4) is 11.1 Å². The maximum absolute atomic E-state index is 13.4. The largest absolute Gasteiger partial charge is 0.462 e. The van der Waals surface area contributed by atoms with Gasteiger partial charge < -0.3 is 10.1 Å². The van der Waals surface area contributed by atoms with Crippen LogP contribution in [-0.2, 0) is 16.0 Å². The molecular weight excluding hydrogens is 447 g/mol. The monoisotopic (exact) mass is 474 g/mol. The first-order valence-corrected chi connectivity index (χ1v) is 11.5. The molecule has 4 rings (SSSR count). The van der Waals surface area contributed by atoms with Gasteiger partial charge in [-0.2, -0.15) is 5.10 Å². The molecule has 0 unspecified atom stereocenters. The van der Waals surface area contributed by atoms with Crippen molar-refractivity contribution >= 4 is 23.2 Å². The number of nitrogens with zero attached hydrogens (tertiary/aromatic N) is 3. The Hall–Kier alpha value is -4.07. The van der Waals surface area contributed by atoms with Crippen molar-refractivity contribution in [3.05, 3.63) is 82.6 Å². The zero-order chi connectivity index (χ0) is 25.1. The van der Waals surface area contributed by atoms with Gasteiger partial charge in [0, 0.05) is 29.1 Å². The van der Waals surface area contributed by atoms with E-state index in [0.29, 0.717) is 29.9 Å². The third kappa shape index (κ3) is 5.06. The molecule has 1 amide bonds. The summed E-state index contributed by atoms with van der Waals surface area (Å²) in [5, 5.41) is 7.53. The maximum Gasteiger partial charge on any atom is 0.338 e. The van der Waals surface area contributed by atoms with E-state index < -0.39 is 5.97 Å². The molecule has 35 heavy (non-hydrogen) atoms. The molecule has 0 aliphatic heterocycles. The zero-order valence-corrected chi connectivity index (χ0v) is 20.2. The first-order chi connectivity index (χ1) is 16.8. The number of ether oxygens (including phenoxy) is 1. The molecule has 4 aromatic rings. The SMILES string of the molecule is CCOC(=O)c1ccc(NC(=O)CCc2c(C)nc3c(-c4ccc(F)cc4)c(C)nn3c2C)cc1. The molecule has 0 bridgehead atoms. The number of carbonyl (C=O) groups excluding carboxylic acids is 2. The number of benzene rings is 2. The van der Waals surface area contributed by atoms with Crippen LogP contribution in [0.1, 0.15) is 46.3 Å². The van der Waals surface area contributed by atoms with E-state index in [2.05, 4.69) is 10.4 Å². The van der Waals surface area contributed by atoms with Gasteiger partial charge in [0.2, 0.25) is 5.91 Å². The van der Waals surface area contributed by atoms with E-state index in [1.165, 1.54) is 12.1 Å². The lowest BCUT2D eigenvalue weighted by Gasteiger charge is -2.12. The number of esters is 1. The van der Waals surface area contributed by atoms with Crippen LogP contribution >= 0.6 is 0 Å². The van der Waals surface area contributed by atoms with E-state index in [1.54, 1.807) is 47.8 Å².